The average Bonchev–Trinajstić information content (AvgIpc) is 2.16. The van der Waals surface area contributed by atoms with E-state index in [1.807, 2.05) is 0 Å². The normalized spacial score (nSPS) is 10.1. The highest BCUT2D eigenvalue weighted by molar-refractivity contribution is 6.17. The Hall–Kier alpha value is -1.21. The van der Waals surface area contributed by atoms with Crippen LogP contribution in [0.25, 0.3) is 0 Å². The Kier molecular flexibility index (Phi) is 3.15. The fourth-order valence-corrected chi connectivity index (χ4v) is 1.09. The lowest BCUT2D eigenvalue weighted by Crippen LogP contribution is -1.98. The minimum absolute atomic E-state index is 0.0239. The van der Waals surface area contributed by atoms with Crippen molar-refractivity contribution in [3.8, 4) is 6.07 Å². The van der Waals surface area contributed by atoms with Crippen LogP contribution in [-0.2, 0) is 5.88 Å². The second-order valence-electron chi connectivity index (χ2n) is 2.29. The lowest BCUT2D eigenvalue weighted by Gasteiger charge is -2.04. The van der Waals surface area contributed by atoms with Gasteiger partial charge in [0.15, 0.2) is 0 Å². The van der Waals surface area contributed by atoms with Gasteiger partial charge in [0, 0.05) is 5.88 Å². The van der Waals surface area contributed by atoms with E-state index in [4.69, 9.17) is 16.9 Å². The standard InChI is InChI=1S/C8H5ClF2N2/c9-3-5-1-2-6(4-12)13-7(5)8(10)11/h1-2,8H,3H2. The number of aromatic nitrogens is 1. The molecule has 0 saturated carbocycles. The molecule has 1 rings (SSSR count). The molecule has 13 heavy (non-hydrogen) atoms. The summed E-state index contributed by atoms with van der Waals surface area (Å²) >= 11 is 5.42. The SMILES string of the molecule is N#Cc1ccc(CCl)c(C(F)F)n1. The maximum absolute atomic E-state index is 12.3. The summed E-state index contributed by atoms with van der Waals surface area (Å²) in [5.41, 5.74) is -0.172. The molecule has 0 aliphatic heterocycles. The molecule has 2 nitrogen and oxygen atoms in total. The van der Waals surface area contributed by atoms with Crippen molar-refractivity contribution >= 4 is 11.6 Å². The van der Waals surface area contributed by atoms with Gasteiger partial charge in [0.1, 0.15) is 17.5 Å². The highest BCUT2D eigenvalue weighted by Crippen LogP contribution is 2.22. The largest absolute Gasteiger partial charge is 0.280 e. The molecule has 0 bridgehead atoms. The topological polar surface area (TPSA) is 36.7 Å². The summed E-state index contributed by atoms with van der Waals surface area (Å²) in [6, 6.07) is 4.44. The van der Waals surface area contributed by atoms with E-state index >= 15 is 0 Å². The average molecular weight is 203 g/mol. The first-order chi connectivity index (χ1) is 6.19. The number of nitriles is 1. The van der Waals surface area contributed by atoms with E-state index < -0.39 is 12.1 Å². The molecular weight excluding hydrogens is 198 g/mol. The van der Waals surface area contributed by atoms with Gasteiger partial charge in [-0.1, -0.05) is 6.07 Å². The van der Waals surface area contributed by atoms with Gasteiger partial charge in [0.25, 0.3) is 6.43 Å². The number of alkyl halides is 3. The van der Waals surface area contributed by atoms with E-state index in [0.29, 0.717) is 0 Å². The molecule has 1 aromatic rings. The predicted molar refractivity (Wildman–Crippen MR) is 43.5 cm³/mol. The van der Waals surface area contributed by atoms with Crippen LogP contribution in [0.1, 0.15) is 23.4 Å². The molecule has 0 saturated heterocycles. The summed E-state index contributed by atoms with van der Waals surface area (Å²) in [6.45, 7) is 0. The van der Waals surface area contributed by atoms with Crippen LogP contribution in [0.2, 0.25) is 0 Å². The number of hydrogen-bond acceptors (Lipinski definition) is 2. The van der Waals surface area contributed by atoms with Crippen LogP contribution in [0.5, 0.6) is 0 Å². The highest BCUT2D eigenvalue weighted by Gasteiger charge is 2.14. The minimum Gasteiger partial charge on any atom is -0.236 e. The molecule has 0 aliphatic carbocycles. The first-order valence-corrected chi connectivity index (χ1v) is 3.96. The van der Waals surface area contributed by atoms with Crippen molar-refractivity contribution in [2.75, 3.05) is 0 Å². The molecule has 0 fully saturated rings. The van der Waals surface area contributed by atoms with Crippen molar-refractivity contribution in [2.45, 2.75) is 12.3 Å². The minimum atomic E-state index is -2.69. The Morgan fingerprint density at radius 1 is 1.54 bits per heavy atom. The monoisotopic (exact) mass is 202 g/mol. The lowest BCUT2D eigenvalue weighted by atomic mass is 10.2. The number of pyridine rings is 1. The van der Waals surface area contributed by atoms with Crippen LogP contribution in [0.15, 0.2) is 12.1 Å². The van der Waals surface area contributed by atoms with E-state index in [0.717, 1.165) is 0 Å². The number of rotatable bonds is 2. The Morgan fingerprint density at radius 2 is 2.23 bits per heavy atom. The molecule has 0 spiro atoms. The maximum Gasteiger partial charge on any atom is 0.280 e. The van der Waals surface area contributed by atoms with Crippen LogP contribution in [0.4, 0.5) is 8.78 Å². The van der Waals surface area contributed by atoms with Gasteiger partial charge in [-0.25, -0.2) is 13.8 Å². The van der Waals surface area contributed by atoms with Gasteiger partial charge in [-0.2, -0.15) is 5.26 Å². The fourth-order valence-electron chi connectivity index (χ4n) is 0.868. The molecule has 1 heterocycles. The zero-order valence-electron chi connectivity index (χ0n) is 6.47. The van der Waals surface area contributed by atoms with E-state index in [2.05, 4.69) is 4.98 Å². The van der Waals surface area contributed by atoms with Crippen LogP contribution in [0, 0.1) is 11.3 Å². The number of halogens is 3. The zero-order chi connectivity index (χ0) is 9.84. The van der Waals surface area contributed by atoms with Gasteiger partial charge >= 0.3 is 0 Å². The summed E-state index contributed by atoms with van der Waals surface area (Å²) in [4.78, 5) is 3.47. The van der Waals surface area contributed by atoms with Crippen LogP contribution < -0.4 is 0 Å². The van der Waals surface area contributed by atoms with Crippen molar-refractivity contribution in [3.63, 3.8) is 0 Å². The van der Waals surface area contributed by atoms with Crippen LogP contribution in [-0.4, -0.2) is 4.98 Å². The smallest absolute Gasteiger partial charge is 0.236 e. The van der Waals surface area contributed by atoms with Gasteiger partial charge in [-0.15, -0.1) is 11.6 Å². The first kappa shape index (κ1) is 9.87. The molecule has 0 aliphatic rings. The molecule has 5 heteroatoms. The summed E-state index contributed by atoms with van der Waals surface area (Å²) in [5, 5.41) is 8.42. The van der Waals surface area contributed by atoms with Gasteiger partial charge in [-0.3, -0.25) is 0 Å². The second-order valence-corrected chi connectivity index (χ2v) is 2.55. The third-order valence-electron chi connectivity index (χ3n) is 1.48. The summed E-state index contributed by atoms with van der Waals surface area (Å²) in [7, 11) is 0. The maximum atomic E-state index is 12.3. The third kappa shape index (κ3) is 2.13. The fraction of sp³-hybridized carbons (Fsp3) is 0.250. The lowest BCUT2D eigenvalue weighted by molar-refractivity contribution is 0.145. The molecule has 68 valence electrons. The Balaban J connectivity index is 3.20. The first-order valence-electron chi connectivity index (χ1n) is 3.43. The van der Waals surface area contributed by atoms with Gasteiger partial charge in [0.2, 0.25) is 0 Å². The van der Waals surface area contributed by atoms with Crippen molar-refractivity contribution < 1.29 is 8.78 Å². The van der Waals surface area contributed by atoms with E-state index in [1.54, 1.807) is 6.07 Å². The van der Waals surface area contributed by atoms with Crippen LogP contribution in [0.3, 0.4) is 0 Å². The summed E-state index contributed by atoms with van der Waals surface area (Å²) < 4.78 is 24.6. The predicted octanol–water partition coefficient (Wildman–Crippen LogP) is 2.63. The zero-order valence-corrected chi connectivity index (χ0v) is 7.22. The summed E-state index contributed by atoms with van der Waals surface area (Å²) in [5.74, 6) is -0.0294. The molecule has 1 aromatic heterocycles. The molecule has 0 aromatic carbocycles. The quantitative estimate of drug-likeness (QED) is 0.692. The highest BCUT2D eigenvalue weighted by atomic mass is 35.5. The van der Waals surface area contributed by atoms with Crippen molar-refractivity contribution in [2.24, 2.45) is 0 Å². The van der Waals surface area contributed by atoms with E-state index in [1.165, 1.54) is 12.1 Å². The molecule has 0 atom stereocenters. The summed E-state index contributed by atoms with van der Waals surface area (Å²) in [6.07, 6.45) is -2.69. The van der Waals surface area contributed by atoms with Crippen LogP contribution >= 0.6 is 11.6 Å². The number of hydrogen-bond donors (Lipinski definition) is 0. The molecular formula is C8H5ClF2N2. The Labute approximate surface area is 78.8 Å². The van der Waals surface area contributed by atoms with Gasteiger partial charge in [0.05, 0.1) is 0 Å². The second kappa shape index (κ2) is 4.15. The molecule has 0 unspecified atom stereocenters. The Morgan fingerprint density at radius 3 is 2.69 bits per heavy atom. The molecule has 0 N–H and O–H groups in total. The van der Waals surface area contributed by atoms with E-state index in [-0.39, 0.29) is 17.1 Å². The number of nitrogens with zero attached hydrogens (tertiary/aromatic N) is 2. The van der Waals surface area contributed by atoms with Gasteiger partial charge in [-0.05, 0) is 11.6 Å². The van der Waals surface area contributed by atoms with Crippen molar-refractivity contribution in [1.29, 1.82) is 5.26 Å². The van der Waals surface area contributed by atoms with E-state index in [9.17, 15) is 8.78 Å². The Bertz CT molecular complexity index is 346. The third-order valence-corrected chi connectivity index (χ3v) is 1.77. The molecule has 0 amide bonds. The van der Waals surface area contributed by atoms with Crippen molar-refractivity contribution in [1.82, 2.24) is 4.98 Å². The molecule has 0 radical (unpaired) electrons. The van der Waals surface area contributed by atoms with Crippen molar-refractivity contribution in [3.05, 3.63) is 29.1 Å². The van der Waals surface area contributed by atoms with Gasteiger partial charge < -0.3 is 0 Å².